The van der Waals surface area contributed by atoms with E-state index in [1.54, 1.807) is 6.92 Å². The Labute approximate surface area is 115 Å². The van der Waals surface area contributed by atoms with Crippen LogP contribution >= 0.6 is 23.4 Å². The van der Waals surface area contributed by atoms with Crippen LogP contribution in [0, 0.1) is 5.92 Å². The summed E-state index contributed by atoms with van der Waals surface area (Å²) in [5.41, 5.74) is 0. The Bertz CT molecular complexity index is 410. The van der Waals surface area contributed by atoms with Crippen molar-refractivity contribution in [3.05, 3.63) is 0 Å². The number of sulfonamides is 1. The number of imide groups is 1. The second-order valence-electron chi connectivity index (χ2n) is 4.04. The first kappa shape index (κ1) is 15.7. The average molecular weight is 315 g/mol. The Morgan fingerprint density at radius 2 is 2.17 bits per heavy atom. The molecule has 1 N–H and O–H groups in total. The fourth-order valence-electron chi connectivity index (χ4n) is 1.39. The first-order valence-corrected chi connectivity index (χ1v) is 8.53. The van der Waals surface area contributed by atoms with E-state index in [9.17, 15) is 18.0 Å². The highest BCUT2D eigenvalue weighted by atomic mass is 35.5. The largest absolute Gasteiger partial charge is 0.288 e. The lowest BCUT2D eigenvalue weighted by Gasteiger charge is -2.14. The van der Waals surface area contributed by atoms with Crippen molar-refractivity contribution >= 4 is 44.5 Å². The topological polar surface area (TPSA) is 83.6 Å². The third-order valence-electron chi connectivity index (χ3n) is 2.27. The van der Waals surface area contributed by atoms with E-state index in [2.05, 4.69) is 4.72 Å². The Morgan fingerprint density at radius 3 is 2.67 bits per heavy atom. The second kappa shape index (κ2) is 6.74. The molecule has 1 atom stereocenters. The van der Waals surface area contributed by atoms with E-state index in [4.69, 9.17) is 11.6 Å². The Kier molecular flexibility index (Phi) is 5.90. The van der Waals surface area contributed by atoms with Crippen LogP contribution in [0.25, 0.3) is 0 Å². The van der Waals surface area contributed by atoms with Gasteiger partial charge in [0.25, 0.3) is 5.24 Å². The fourth-order valence-corrected chi connectivity index (χ4v) is 3.77. The van der Waals surface area contributed by atoms with Crippen molar-refractivity contribution in [2.45, 2.75) is 6.92 Å². The maximum atomic E-state index is 11.6. The third-order valence-corrected chi connectivity index (χ3v) is 5.30. The molecule has 1 heterocycles. The molecule has 0 aromatic heterocycles. The molecule has 0 aromatic carbocycles. The molecule has 0 spiro atoms. The highest BCUT2D eigenvalue weighted by molar-refractivity contribution is 8.14. The Morgan fingerprint density at radius 1 is 1.50 bits per heavy atom. The van der Waals surface area contributed by atoms with E-state index in [1.807, 2.05) is 0 Å². The molecule has 9 heteroatoms. The molecule has 1 fully saturated rings. The van der Waals surface area contributed by atoms with Gasteiger partial charge in [-0.3, -0.25) is 14.5 Å². The van der Waals surface area contributed by atoms with E-state index >= 15 is 0 Å². The predicted molar refractivity (Wildman–Crippen MR) is 71.2 cm³/mol. The van der Waals surface area contributed by atoms with Crippen molar-refractivity contribution < 1.29 is 18.0 Å². The van der Waals surface area contributed by atoms with Crippen molar-refractivity contribution in [3.8, 4) is 0 Å². The van der Waals surface area contributed by atoms with Gasteiger partial charge in [0.15, 0.2) is 0 Å². The number of rotatable bonds is 7. The number of hydrogen-bond acceptors (Lipinski definition) is 5. The van der Waals surface area contributed by atoms with E-state index in [1.165, 1.54) is 0 Å². The molecule has 0 aliphatic carbocycles. The fraction of sp³-hybridized carbons (Fsp3) is 0.778. The number of thioether (sulfide) groups is 1. The van der Waals surface area contributed by atoms with Crippen LogP contribution in [0.1, 0.15) is 6.92 Å². The molecular weight excluding hydrogens is 300 g/mol. The van der Waals surface area contributed by atoms with Crippen LogP contribution in [0.5, 0.6) is 0 Å². The predicted octanol–water partition coefficient (Wildman–Crippen LogP) is 0.476. The van der Waals surface area contributed by atoms with Gasteiger partial charge >= 0.3 is 0 Å². The van der Waals surface area contributed by atoms with Crippen LogP contribution in [0.15, 0.2) is 0 Å². The first-order valence-electron chi connectivity index (χ1n) is 5.36. The minimum absolute atomic E-state index is 0.0371. The summed E-state index contributed by atoms with van der Waals surface area (Å²) < 4.78 is 25.5. The second-order valence-corrected chi connectivity index (χ2v) is 7.12. The van der Waals surface area contributed by atoms with Gasteiger partial charge in [-0.25, -0.2) is 13.1 Å². The number of nitrogens with zero attached hydrogens (tertiary/aromatic N) is 1. The number of carbonyl (C=O) groups excluding carboxylic acids is 2. The van der Waals surface area contributed by atoms with Gasteiger partial charge in [0.1, 0.15) is 0 Å². The molecule has 18 heavy (non-hydrogen) atoms. The summed E-state index contributed by atoms with van der Waals surface area (Å²) in [5, 5.41) is -0.326. The SMILES string of the molecule is CC(CCl)CS(=O)(=O)NCCN1C(=O)CSC1=O. The van der Waals surface area contributed by atoms with Crippen molar-refractivity contribution in [1.29, 1.82) is 0 Å². The normalized spacial score (nSPS) is 18.4. The number of amides is 2. The minimum atomic E-state index is -3.41. The Balaban J connectivity index is 2.37. The maximum absolute atomic E-state index is 11.6. The number of hydrogen-bond donors (Lipinski definition) is 1. The molecule has 0 saturated carbocycles. The molecule has 0 radical (unpaired) electrons. The summed E-state index contributed by atoms with van der Waals surface area (Å²) in [5.74, 6) is -0.0871. The van der Waals surface area contributed by atoms with Crippen LogP contribution in [0.3, 0.4) is 0 Å². The smallest absolute Gasteiger partial charge is 0.273 e. The van der Waals surface area contributed by atoms with Crippen molar-refractivity contribution in [1.82, 2.24) is 9.62 Å². The van der Waals surface area contributed by atoms with Gasteiger partial charge in [0.05, 0.1) is 11.5 Å². The van der Waals surface area contributed by atoms with Crippen LogP contribution in [-0.4, -0.2) is 54.9 Å². The molecule has 1 unspecified atom stereocenters. The monoisotopic (exact) mass is 314 g/mol. The highest BCUT2D eigenvalue weighted by Crippen LogP contribution is 2.17. The lowest BCUT2D eigenvalue weighted by atomic mass is 10.3. The number of halogens is 1. The highest BCUT2D eigenvalue weighted by Gasteiger charge is 2.29. The number of carbonyl (C=O) groups is 2. The van der Waals surface area contributed by atoms with Crippen LogP contribution < -0.4 is 4.72 Å². The summed E-state index contributed by atoms with van der Waals surface area (Å²) in [6.07, 6.45) is 0. The van der Waals surface area contributed by atoms with Crippen LogP contribution in [0.4, 0.5) is 4.79 Å². The molecular formula is C9H15ClN2O4S2. The molecule has 1 aliphatic rings. The quantitative estimate of drug-likeness (QED) is 0.691. The summed E-state index contributed by atoms with van der Waals surface area (Å²) >= 11 is 6.47. The molecule has 1 saturated heterocycles. The van der Waals surface area contributed by atoms with E-state index in [0.717, 1.165) is 16.7 Å². The van der Waals surface area contributed by atoms with Crippen molar-refractivity contribution in [3.63, 3.8) is 0 Å². The standard InChI is InChI=1S/C9H15ClN2O4S2/c1-7(4-10)6-18(15,16)11-2-3-12-8(13)5-17-9(12)14/h7,11H,2-6H2,1H3. The zero-order valence-corrected chi connectivity index (χ0v) is 12.3. The van der Waals surface area contributed by atoms with Crippen LogP contribution in [0.2, 0.25) is 0 Å². The number of nitrogens with one attached hydrogen (secondary N) is 1. The van der Waals surface area contributed by atoms with Crippen molar-refractivity contribution in [2.24, 2.45) is 5.92 Å². The summed E-state index contributed by atoms with van der Waals surface area (Å²) in [6, 6.07) is 0. The van der Waals surface area contributed by atoms with Crippen molar-refractivity contribution in [2.75, 3.05) is 30.5 Å². The lowest BCUT2D eigenvalue weighted by molar-refractivity contribution is -0.124. The van der Waals surface area contributed by atoms with E-state index in [-0.39, 0.29) is 47.5 Å². The molecule has 0 bridgehead atoms. The zero-order chi connectivity index (χ0) is 13.8. The summed E-state index contributed by atoms with van der Waals surface area (Å²) in [7, 11) is -3.41. The average Bonchev–Trinajstić information content (AvgIpc) is 2.59. The Hall–Kier alpha value is -0.310. The van der Waals surface area contributed by atoms with E-state index in [0.29, 0.717) is 0 Å². The van der Waals surface area contributed by atoms with E-state index < -0.39 is 10.0 Å². The molecule has 1 aliphatic heterocycles. The molecule has 6 nitrogen and oxygen atoms in total. The summed E-state index contributed by atoms with van der Waals surface area (Å²) in [4.78, 5) is 23.5. The third kappa shape index (κ3) is 4.75. The van der Waals surface area contributed by atoms with Gasteiger partial charge in [-0.15, -0.1) is 11.6 Å². The number of alkyl halides is 1. The minimum Gasteiger partial charge on any atom is -0.273 e. The van der Waals surface area contributed by atoms with Crippen LogP contribution in [-0.2, 0) is 14.8 Å². The molecule has 104 valence electrons. The zero-order valence-electron chi connectivity index (χ0n) is 9.89. The molecule has 0 aromatic rings. The molecule has 2 amide bonds. The molecule has 1 rings (SSSR count). The maximum Gasteiger partial charge on any atom is 0.288 e. The van der Waals surface area contributed by atoms with Gasteiger partial charge in [0, 0.05) is 19.0 Å². The van der Waals surface area contributed by atoms with Gasteiger partial charge in [0.2, 0.25) is 15.9 Å². The van der Waals surface area contributed by atoms with Gasteiger partial charge < -0.3 is 0 Å². The van der Waals surface area contributed by atoms with Gasteiger partial charge in [-0.1, -0.05) is 18.7 Å². The van der Waals surface area contributed by atoms with Gasteiger partial charge in [-0.05, 0) is 5.92 Å². The lowest BCUT2D eigenvalue weighted by Crippen LogP contribution is -2.39. The first-order chi connectivity index (χ1) is 8.35. The van der Waals surface area contributed by atoms with Gasteiger partial charge in [-0.2, -0.15) is 0 Å². The summed E-state index contributed by atoms with van der Waals surface area (Å²) in [6.45, 7) is 1.84.